The van der Waals surface area contributed by atoms with Gasteiger partial charge in [-0.1, -0.05) is 45.2 Å². The molecule has 0 aromatic heterocycles. The van der Waals surface area contributed by atoms with Crippen LogP contribution in [-0.4, -0.2) is 30.4 Å². The Labute approximate surface area is 154 Å². The molecule has 0 aliphatic heterocycles. The Kier molecular flexibility index (Phi) is 7.57. The zero-order valence-electron chi connectivity index (χ0n) is 15.6. The van der Waals surface area contributed by atoms with E-state index >= 15 is 0 Å². The molecule has 0 bridgehead atoms. The minimum atomic E-state index is -0.736. The standard InChI is InChI=1S/C20H30FN3O2/c1-13(2)18(24-19(25)15-10-6-7-11-16(15)21)20(26)23-17(12-22)14-8-4-3-5-9-14/h6-7,10-11,13-14,17-18H,3-5,8-9,12,22H2,1-2H3,(H,23,26)(H,24,25). The normalized spacial score (nSPS) is 17.6. The van der Waals surface area contributed by atoms with Crippen LogP contribution in [0.3, 0.4) is 0 Å². The van der Waals surface area contributed by atoms with E-state index in [2.05, 4.69) is 10.6 Å². The first-order valence-corrected chi connectivity index (χ1v) is 9.49. The van der Waals surface area contributed by atoms with Crippen molar-refractivity contribution in [2.45, 2.75) is 58.0 Å². The van der Waals surface area contributed by atoms with E-state index in [4.69, 9.17) is 5.73 Å². The van der Waals surface area contributed by atoms with Gasteiger partial charge in [0.15, 0.2) is 0 Å². The van der Waals surface area contributed by atoms with E-state index in [0.717, 1.165) is 25.7 Å². The van der Waals surface area contributed by atoms with Crippen LogP contribution in [0, 0.1) is 17.7 Å². The Hall–Kier alpha value is -1.95. The van der Waals surface area contributed by atoms with Gasteiger partial charge >= 0.3 is 0 Å². The van der Waals surface area contributed by atoms with Gasteiger partial charge in [0.1, 0.15) is 11.9 Å². The Morgan fingerprint density at radius 2 is 1.81 bits per heavy atom. The van der Waals surface area contributed by atoms with Gasteiger partial charge in [-0.15, -0.1) is 0 Å². The van der Waals surface area contributed by atoms with Crippen LogP contribution >= 0.6 is 0 Å². The molecule has 5 nitrogen and oxygen atoms in total. The SMILES string of the molecule is CC(C)C(NC(=O)c1ccccc1F)C(=O)NC(CN)C1CCCCC1. The third-order valence-electron chi connectivity index (χ3n) is 5.15. The van der Waals surface area contributed by atoms with Crippen molar-refractivity contribution in [1.29, 1.82) is 0 Å². The van der Waals surface area contributed by atoms with Crippen molar-refractivity contribution in [1.82, 2.24) is 10.6 Å². The zero-order valence-corrected chi connectivity index (χ0v) is 15.6. The molecule has 2 atom stereocenters. The molecular weight excluding hydrogens is 333 g/mol. The van der Waals surface area contributed by atoms with E-state index in [0.29, 0.717) is 12.5 Å². The number of halogens is 1. The number of amides is 2. The van der Waals surface area contributed by atoms with E-state index in [1.165, 1.54) is 24.6 Å². The number of hydrogen-bond acceptors (Lipinski definition) is 3. The summed E-state index contributed by atoms with van der Waals surface area (Å²) in [5.74, 6) is -1.19. The third-order valence-corrected chi connectivity index (χ3v) is 5.15. The monoisotopic (exact) mass is 363 g/mol. The molecule has 0 radical (unpaired) electrons. The van der Waals surface area contributed by atoms with Gasteiger partial charge in [-0.25, -0.2) is 4.39 Å². The molecule has 2 unspecified atom stereocenters. The minimum absolute atomic E-state index is 0.0615. The maximum absolute atomic E-state index is 13.8. The molecule has 2 rings (SSSR count). The van der Waals surface area contributed by atoms with E-state index < -0.39 is 17.8 Å². The lowest BCUT2D eigenvalue weighted by Gasteiger charge is -2.32. The number of nitrogens with one attached hydrogen (secondary N) is 2. The summed E-state index contributed by atoms with van der Waals surface area (Å²) in [6.07, 6.45) is 5.69. The summed E-state index contributed by atoms with van der Waals surface area (Å²) >= 11 is 0. The molecule has 0 spiro atoms. The average Bonchev–Trinajstić information content (AvgIpc) is 2.64. The third kappa shape index (κ3) is 5.27. The highest BCUT2D eigenvalue weighted by molar-refractivity contribution is 5.97. The molecule has 6 heteroatoms. The van der Waals surface area contributed by atoms with Crippen molar-refractivity contribution >= 4 is 11.8 Å². The maximum Gasteiger partial charge on any atom is 0.254 e. The number of carbonyl (C=O) groups excluding carboxylic acids is 2. The second-order valence-corrected chi connectivity index (χ2v) is 7.42. The molecule has 1 aliphatic rings. The number of hydrogen-bond donors (Lipinski definition) is 3. The van der Waals surface area contributed by atoms with Gasteiger partial charge in [-0.3, -0.25) is 9.59 Å². The Bertz CT molecular complexity index is 615. The maximum atomic E-state index is 13.8. The highest BCUT2D eigenvalue weighted by Crippen LogP contribution is 2.26. The van der Waals surface area contributed by atoms with E-state index in [-0.39, 0.29) is 23.4 Å². The second-order valence-electron chi connectivity index (χ2n) is 7.42. The van der Waals surface area contributed by atoms with Crippen LogP contribution in [0.1, 0.15) is 56.3 Å². The summed E-state index contributed by atoms with van der Waals surface area (Å²) in [6.45, 7) is 4.08. The van der Waals surface area contributed by atoms with Gasteiger partial charge in [0.25, 0.3) is 5.91 Å². The summed E-state index contributed by atoms with van der Waals surface area (Å²) in [5.41, 5.74) is 5.83. The van der Waals surface area contributed by atoms with Crippen LogP contribution in [0.25, 0.3) is 0 Å². The van der Waals surface area contributed by atoms with Crippen molar-refractivity contribution in [2.75, 3.05) is 6.54 Å². The van der Waals surface area contributed by atoms with Gasteiger partial charge in [0.2, 0.25) is 5.91 Å². The first kappa shape index (κ1) is 20.4. The van der Waals surface area contributed by atoms with E-state index in [1.54, 1.807) is 6.07 Å². The first-order chi connectivity index (χ1) is 12.4. The van der Waals surface area contributed by atoms with Crippen molar-refractivity contribution in [3.63, 3.8) is 0 Å². The second kappa shape index (κ2) is 9.67. The smallest absolute Gasteiger partial charge is 0.254 e. The number of carbonyl (C=O) groups is 2. The fourth-order valence-electron chi connectivity index (χ4n) is 3.58. The van der Waals surface area contributed by atoms with Gasteiger partial charge in [0.05, 0.1) is 5.56 Å². The van der Waals surface area contributed by atoms with Crippen molar-refractivity contribution in [3.05, 3.63) is 35.6 Å². The minimum Gasteiger partial charge on any atom is -0.350 e. The Balaban J connectivity index is 2.04. The lowest BCUT2D eigenvalue weighted by atomic mass is 9.83. The van der Waals surface area contributed by atoms with Crippen molar-refractivity contribution in [3.8, 4) is 0 Å². The van der Waals surface area contributed by atoms with E-state index in [9.17, 15) is 14.0 Å². The van der Waals surface area contributed by atoms with Crippen LogP contribution in [0.2, 0.25) is 0 Å². The number of benzene rings is 1. The van der Waals surface area contributed by atoms with Crippen LogP contribution in [0.5, 0.6) is 0 Å². The fourth-order valence-corrected chi connectivity index (χ4v) is 3.58. The lowest BCUT2D eigenvalue weighted by Crippen LogP contribution is -2.55. The molecule has 1 fully saturated rings. The predicted molar refractivity (Wildman–Crippen MR) is 100 cm³/mol. The van der Waals surface area contributed by atoms with Crippen LogP contribution in [-0.2, 0) is 4.79 Å². The quantitative estimate of drug-likeness (QED) is 0.696. The summed E-state index contributed by atoms with van der Waals surface area (Å²) < 4.78 is 13.8. The summed E-state index contributed by atoms with van der Waals surface area (Å²) in [7, 11) is 0. The lowest BCUT2D eigenvalue weighted by molar-refractivity contribution is -0.125. The molecule has 1 aromatic carbocycles. The van der Waals surface area contributed by atoms with E-state index in [1.807, 2.05) is 13.8 Å². The van der Waals surface area contributed by atoms with Crippen molar-refractivity contribution < 1.29 is 14.0 Å². The molecule has 1 aliphatic carbocycles. The molecule has 1 saturated carbocycles. The van der Waals surface area contributed by atoms with Crippen molar-refractivity contribution in [2.24, 2.45) is 17.6 Å². The summed E-state index contributed by atoms with van der Waals surface area (Å²) in [5, 5.41) is 5.69. The molecule has 4 N–H and O–H groups in total. The van der Waals surface area contributed by atoms with Gasteiger partial charge in [-0.2, -0.15) is 0 Å². The largest absolute Gasteiger partial charge is 0.350 e. The first-order valence-electron chi connectivity index (χ1n) is 9.49. The van der Waals surface area contributed by atoms with Gasteiger partial charge in [-0.05, 0) is 36.8 Å². The van der Waals surface area contributed by atoms with Crippen LogP contribution in [0.4, 0.5) is 4.39 Å². The molecule has 26 heavy (non-hydrogen) atoms. The van der Waals surface area contributed by atoms with Crippen LogP contribution < -0.4 is 16.4 Å². The van der Waals surface area contributed by atoms with Gasteiger partial charge < -0.3 is 16.4 Å². The summed E-state index contributed by atoms with van der Waals surface area (Å²) in [4.78, 5) is 25.2. The fraction of sp³-hybridized carbons (Fsp3) is 0.600. The Morgan fingerprint density at radius 3 is 2.38 bits per heavy atom. The number of nitrogens with two attached hydrogens (primary N) is 1. The predicted octanol–water partition coefficient (Wildman–Crippen LogP) is 2.60. The average molecular weight is 363 g/mol. The topological polar surface area (TPSA) is 84.2 Å². The Morgan fingerprint density at radius 1 is 1.15 bits per heavy atom. The summed E-state index contributed by atoms with van der Waals surface area (Å²) in [6, 6.07) is 4.93. The number of rotatable bonds is 7. The molecule has 2 amide bonds. The highest BCUT2D eigenvalue weighted by atomic mass is 19.1. The molecule has 0 heterocycles. The molecule has 144 valence electrons. The van der Waals surface area contributed by atoms with Crippen LogP contribution in [0.15, 0.2) is 24.3 Å². The molecular formula is C20H30FN3O2. The molecule has 1 aromatic rings. The highest BCUT2D eigenvalue weighted by Gasteiger charge is 2.30. The molecule has 0 saturated heterocycles. The zero-order chi connectivity index (χ0) is 19.1. The van der Waals surface area contributed by atoms with Gasteiger partial charge in [0, 0.05) is 12.6 Å².